The fourth-order valence-electron chi connectivity index (χ4n) is 1.01. The molecule has 11 heavy (non-hydrogen) atoms. The SMILES string of the molecule is Cc1cccc(C(F)F)c1C. The molecule has 0 saturated heterocycles. The number of halogens is 2. The van der Waals surface area contributed by atoms with Crippen molar-refractivity contribution in [2.24, 2.45) is 0 Å². The van der Waals surface area contributed by atoms with Crippen molar-refractivity contribution in [1.29, 1.82) is 0 Å². The van der Waals surface area contributed by atoms with E-state index in [-0.39, 0.29) is 5.56 Å². The van der Waals surface area contributed by atoms with Crippen molar-refractivity contribution in [3.05, 3.63) is 34.9 Å². The van der Waals surface area contributed by atoms with Crippen LogP contribution >= 0.6 is 0 Å². The zero-order valence-electron chi connectivity index (χ0n) is 6.57. The van der Waals surface area contributed by atoms with Gasteiger partial charge in [-0.1, -0.05) is 18.2 Å². The third-order valence-corrected chi connectivity index (χ3v) is 1.88. The molecule has 0 heterocycles. The number of hydrogen-bond donors (Lipinski definition) is 0. The zero-order valence-corrected chi connectivity index (χ0v) is 6.57. The highest BCUT2D eigenvalue weighted by Crippen LogP contribution is 2.23. The topological polar surface area (TPSA) is 0 Å². The maximum Gasteiger partial charge on any atom is 0.264 e. The Morgan fingerprint density at radius 3 is 2.27 bits per heavy atom. The number of alkyl halides is 2. The van der Waals surface area contributed by atoms with E-state index in [1.54, 1.807) is 13.0 Å². The van der Waals surface area contributed by atoms with E-state index < -0.39 is 6.43 Å². The second-order valence-electron chi connectivity index (χ2n) is 2.59. The molecule has 0 aliphatic heterocycles. The summed E-state index contributed by atoms with van der Waals surface area (Å²) >= 11 is 0. The number of hydrogen-bond acceptors (Lipinski definition) is 0. The van der Waals surface area contributed by atoms with E-state index in [0.717, 1.165) is 5.56 Å². The van der Waals surface area contributed by atoms with Crippen molar-refractivity contribution in [2.45, 2.75) is 20.3 Å². The maximum atomic E-state index is 12.2. The third-order valence-electron chi connectivity index (χ3n) is 1.88. The summed E-state index contributed by atoms with van der Waals surface area (Å²) in [7, 11) is 0. The molecule has 0 nitrogen and oxygen atoms in total. The summed E-state index contributed by atoms with van der Waals surface area (Å²) in [5, 5.41) is 0. The Bertz CT molecular complexity index is 254. The Morgan fingerprint density at radius 1 is 1.18 bits per heavy atom. The summed E-state index contributed by atoms with van der Waals surface area (Å²) in [6.07, 6.45) is -2.35. The van der Waals surface area contributed by atoms with Crippen molar-refractivity contribution < 1.29 is 8.78 Å². The molecule has 0 aromatic heterocycles. The van der Waals surface area contributed by atoms with Gasteiger partial charge in [0.25, 0.3) is 6.43 Å². The molecule has 0 bridgehead atoms. The summed E-state index contributed by atoms with van der Waals surface area (Å²) in [6, 6.07) is 4.96. The first-order valence-corrected chi connectivity index (χ1v) is 3.47. The van der Waals surface area contributed by atoms with E-state index in [4.69, 9.17) is 0 Å². The maximum absolute atomic E-state index is 12.2. The average molecular weight is 156 g/mol. The minimum Gasteiger partial charge on any atom is -0.205 e. The highest BCUT2D eigenvalue weighted by atomic mass is 19.3. The van der Waals surface area contributed by atoms with Crippen LogP contribution in [0.5, 0.6) is 0 Å². The van der Waals surface area contributed by atoms with Crippen LogP contribution in [-0.2, 0) is 0 Å². The highest BCUT2D eigenvalue weighted by molar-refractivity contribution is 5.33. The standard InChI is InChI=1S/C9H10F2/c1-6-4-3-5-8(7(6)2)9(10)11/h3-5,9H,1-2H3. The summed E-state index contributed by atoms with van der Waals surface area (Å²) < 4.78 is 24.4. The fourth-order valence-corrected chi connectivity index (χ4v) is 1.01. The summed E-state index contributed by atoms with van der Waals surface area (Å²) in [4.78, 5) is 0. The van der Waals surface area contributed by atoms with Crippen molar-refractivity contribution in [3.8, 4) is 0 Å². The molecule has 0 spiro atoms. The number of benzene rings is 1. The lowest BCUT2D eigenvalue weighted by Gasteiger charge is -2.05. The smallest absolute Gasteiger partial charge is 0.205 e. The Balaban J connectivity index is 3.17. The third kappa shape index (κ3) is 1.56. The van der Waals surface area contributed by atoms with Gasteiger partial charge in [-0.25, -0.2) is 8.78 Å². The van der Waals surface area contributed by atoms with Crippen LogP contribution in [0.3, 0.4) is 0 Å². The molecule has 0 N–H and O–H groups in total. The van der Waals surface area contributed by atoms with E-state index >= 15 is 0 Å². The van der Waals surface area contributed by atoms with Gasteiger partial charge in [-0.05, 0) is 25.0 Å². The highest BCUT2D eigenvalue weighted by Gasteiger charge is 2.09. The van der Waals surface area contributed by atoms with Crippen LogP contribution in [0.25, 0.3) is 0 Å². The lowest BCUT2D eigenvalue weighted by atomic mass is 10.0. The molecule has 60 valence electrons. The Kier molecular flexibility index (Phi) is 2.22. The molecule has 0 saturated carbocycles. The predicted molar refractivity (Wildman–Crippen MR) is 40.9 cm³/mol. The summed E-state index contributed by atoms with van der Waals surface area (Å²) in [5.74, 6) is 0. The van der Waals surface area contributed by atoms with Gasteiger partial charge in [-0.3, -0.25) is 0 Å². The van der Waals surface area contributed by atoms with Gasteiger partial charge in [0.1, 0.15) is 0 Å². The minimum atomic E-state index is -2.35. The molecule has 0 aliphatic rings. The summed E-state index contributed by atoms with van der Waals surface area (Å²) in [6.45, 7) is 3.55. The van der Waals surface area contributed by atoms with E-state index in [1.165, 1.54) is 6.07 Å². The Hall–Kier alpha value is -0.920. The fraction of sp³-hybridized carbons (Fsp3) is 0.333. The van der Waals surface area contributed by atoms with Crippen LogP contribution in [0, 0.1) is 13.8 Å². The molecule has 2 heteroatoms. The van der Waals surface area contributed by atoms with Gasteiger partial charge in [0.15, 0.2) is 0 Å². The van der Waals surface area contributed by atoms with E-state index in [1.807, 2.05) is 13.0 Å². The molecular formula is C9H10F2. The normalized spacial score (nSPS) is 10.6. The molecule has 0 aliphatic carbocycles. The largest absolute Gasteiger partial charge is 0.264 e. The van der Waals surface area contributed by atoms with Crippen molar-refractivity contribution >= 4 is 0 Å². The first kappa shape index (κ1) is 8.18. The van der Waals surface area contributed by atoms with Gasteiger partial charge < -0.3 is 0 Å². The average Bonchev–Trinajstić information content (AvgIpc) is 1.94. The van der Waals surface area contributed by atoms with E-state index in [9.17, 15) is 8.78 Å². The molecular weight excluding hydrogens is 146 g/mol. The van der Waals surface area contributed by atoms with Crippen LogP contribution in [0.2, 0.25) is 0 Å². The zero-order chi connectivity index (χ0) is 8.43. The van der Waals surface area contributed by atoms with Crippen LogP contribution in [0.15, 0.2) is 18.2 Å². The minimum absolute atomic E-state index is 0.144. The molecule has 1 rings (SSSR count). The molecule has 0 fully saturated rings. The molecule has 1 aromatic rings. The first-order chi connectivity index (χ1) is 5.13. The molecule has 0 amide bonds. The van der Waals surface area contributed by atoms with Crippen molar-refractivity contribution in [2.75, 3.05) is 0 Å². The Morgan fingerprint density at radius 2 is 1.82 bits per heavy atom. The molecule has 0 radical (unpaired) electrons. The van der Waals surface area contributed by atoms with Crippen LogP contribution in [-0.4, -0.2) is 0 Å². The van der Waals surface area contributed by atoms with Gasteiger partial charge in [-0.15, -0.1) is 0 Å². The molecule has 0 atom stereocenters. The molecule has 0 unspecified atom stereocenters. The van der Waals surface area contributed by atoms with Crippen LogP contribution in [0.1, 0.15) is 23.1 Å². The van der Waals surface area contributed by atoms with E-state index in [0.29, 0.717) is 5.56 Å². The van der Waals surface area contributed by atoms with Gasteiger partial charge in [0, 0.05) is 5.56 Å². The lowest BCUT2D eigenvalue weighted by Crippen LogP contribution is -1.91. The second-order valence-corrected chi connectivity index (χ2v) is 2.59. The second kappa shape index (κ2) is 2.99. The van der Waals surface area contributed by atoms with Gasteiger partial charge >= 0.3 is 0 Å². The van der Waals surface area contributed by atoms with Gasteiger partial charge in [-0.2, -0.15) is 0 Å². The van der Waals surface area contributed by atoms with Crippen molar-refractivity contribution in [1.82, 2.24) is 0 Å². The van der Waals surface area contributed by atoms with E-state index in [2.05, 4.69) is 0 Å². The number of aryl methyl sites for hydroxylation is 1. The number of rotatable bonds is 1. The first-order valence-electron chi connectivity index (χ1n) is 3.47. The molecule has 1 aromatic carbocycles. The lowest BCUT2D eigenvalue weighted by molar-refractivity contribution is 0.150. The quantitative estimate of drug-likeness (QED) is 0.585. The monoisotopic (exact) mass is 156 g/mol. The Labute approximate surface area is 64.9 Å². The van der Waals surface area contributed by atoms with Crippen molar-refractivity contribution in [3.63, 3.8) is 0 Å². The van der Waals surface area contributed by atoms with Crippen LogP contribution in [0.4, 0.5) is 8.78 Å². The predicted octanol–water partition coefficient (Wildman–Crippen LogP) is 3.24. The summed E-state index contributed by atoms with van der Waals surface area (Å²) in [5.41, 5.74) is 1.76. The van der Waals surface area contributed by atoms with Gasteiger partial charge in [0.05, 0.1) is 0 Å². The van der Waals surface area contributed by atoms with Crippen LogP contribution < -0.4 is 0 Å². The van der Waals surface area contributed by atoms with Gasteiger partial charge in [0.2, 0.25) is 0 Å².